The molecule has 2 aromatic carbocycles. The maximum absolute atomic E-state index is 13.3. The lowest BCUT2D eigenvalue weighted by Gasteiger charge is -2.29. The summed E-state index contributed by atoms with van der Waals surface area (Å²) in [6.07, 6.45) is 0.901. The Bertz CT molecular complexity index is 801. The number of ether oxygens (including phenoxy) is 1. The van der Waals surface area contributed by atoms with Crippen LogP contribution in [0.5, 0.6) is 0 Å². The van der Waals surface area contributed by atoms with Gasteiger partial charge in [0.15, 0.2) is 0 Å². The largest absolute Gasteiger partial charge is 0.384 e. The summed E-state index contributed by atoms with van der Waals surface area (Å²) in [4.78, 5) is 15.6. The summed E-state index contributed by atoms with van der Waals surface area (Å²) in [6.45, 7) is 3.51. The number of carbonyl (C=O) groups excluding carboxylic acids is 1. The van der Waals surface area contributed by atoms with Gasteiger partial charge >= 0.3 is 6.03 Å². The van der Waals surface area contributed by atoms with Gasteiger partial charge in [-0.15, -0.1) is 0 Å². The van der Waals surface area contributed by atoms with Crippen molar-refractivity contribution in [1.82, 2.24) is 4.90 Å². The van der Waals surface area contributed by atoms with Crippen molar-refractivity contribution in [2.75, 3.05) is 50.1 Å². The van der Waals surface area contributed by atoms with Gasteiger partial charge in [0.2, 0.25) is 0 Å². The standard InChI is InChI=1S/C21H24FN3O2/c1-24-11-12-25(20(24)26)19-8-6-18(7-9-19)23-14-21(10-13-27-15-21)16-2-4-17(22)5-3-16/h2-9,23H,10-15H2,1H3/t21-/m1/s1. The molecule has 0 spiro atoms. The van der Waals surface area contributed by atoms with E-state index < -0.39 is 0 Å². The average Bonchev–Trinajstić information content (AvgIpc) is 3.30. The molecule has 2 fully saturated rings. The third-order valence-corrected chi connectivity index (χ3v) is 5.59. The fraction of sp³-hybridized carbons (Fsp3) is 0.381. The number of halogens is 1. The second kappa shape index (κ2) is 7.19. The lowest BCUT2D eigenvalue weighted by atomic mass is 9.79. The summed E-state index contributed by atoms with van der Waals surface area (Å²) in [5.74, 6) is -0.224. The third kappa shape index (κ3) is 3.49. The highest BCUT2D eigenvalue weighted by Gasteiger charge is 2.36. The first-order valence-electron chi connectivity index (χ1n) is 9.28. The molecule has 2 aromatic rings. The van der Waals surface area contributed by atoms with Crippen LogP contribution in [0.1, 0.15) is 12.0 Å². The molecule has 2 heterocycles. The van der Waals surface area contributed by atoms with E-state index in [9.17, 15) is 9.18 Å². The number of urea groups is 1. The lowest BCUT2D eigenvalue weighted by molar-refractivity contribution is 0.179. The smallest absolute Gasteiger partial charge is 0.324 e. The number of carbonyl (C=O) groups is 1. The number of likely N-dealkylation sites (N-methyl/N-ethyl adjacent to an activating group) is 1. The Morgan fingerprint density at radius 2 is 1.85 bits per heavy atom. The number of amides is 2. The molecule has 0 bridgehead atoms. The Labute approximate surface area is 158 Å². The van der Waals surface area contributed by atoms with E-state index in [1.54, 1.807) is 9.80 Å². The highest BCUT2D eigenvalue weighted by Crippen LogP contribution is 2.34. The molecule has 2 aliphatic heterocycles. The topological polar surface area (TPSA) is 44.8 Å². The molecule has 1 N–H and O–H groups in total. The van der Waals surface area contributed by atoms with E-state index in [0.29, 0.717) is 26.3 Å². The van der Waals surface area contributed by atoms with E-state index in [4.69, 9.17) is 4.74 Å². The van der Waals surface area contributed by atoms with Gasteiger partial charge in [-0.1, -0.05) is 12.1 Å². The number of rotatable bonds is 5. The summed E-state index contributed by atoms with van der Waals surface area (Å²) in [7, 11) is 1.82. The van der Waals surface area contributed by atoms with Gasteiger partial charge in [-0.25, -0.2) is 9.18 Å². The van der Waals surface area contributed by atoms with Crippen molar-refractivity contribution >= 4 is 17.4 Å². The molecular formula is C21H24FN3O2. The molecule has 2 amide bonds. The molecule has 6 heteroatoms. The summed E-state index contributed by atoms with van der Waals surface area (Å²) < 4.78 is 18.9. The number of benzene rings is 2. The van der Waals surface area contributed by atoms with E-state index in [-0.39, 0.29) is 17.3 Å². The second-order valence-electron chi connectivity index (χ2n) is 7.35. The maximum atomic E-state index is 13.3. The molecule has 1 atom stereocenters. The zero-order valence-electron chi connectivity index (χ0n) is 15.5. The Morgan fingerprint density at radius 3 is 2.44 bits per heavy atom. The van der Waals surface area contributed by atoms with Gasteiger partial charge in [-0.3, -0.25) is 4.90 Å². The number of anilines is 2. The third-order valence-electron chi connectivity index (χ3n) is 5.59. The van der Waals surface area contributed by atoms with Crippen LogP contribution in [0.3, 0.4) is 0 Å². The van der Waals surface area contributed by atoms with Gasteiger partial charge in [0, 0.05) is 50.1 Å². The Morgan fingerprint density at radius 1 is 1.11 bits per heavy atom. The minimum absolute atomic E-state index is 0.0362. The van der Waals surface area contributed by atoms with Crippen LogP contribution in [0, 0.1) is 5.82 Å². The first-order chi connectivity index (χ1) is 13.1. The number of hydrogen-bond donors (Lipinski definition) is 1. The van der Waals surface area contributed by atoms with Crippen molar-refractivity contribution in [3.63, 3.8) is 0 Å². The zero-order chi connectivity index (χ0) is 18.9. The summed E-state index contributed by atoms with van der Waals surface area (Å²) >= 11 is 0. The van der Waals surface area contributed by atoms with Crippen LogP contribution in [-0.2, 0) is 10.2 Å². The molecule has 0 aliphatic carbocycles. The van der Waals surface area contributed by atoms with Gasteiger partial charge in [-0.05, 0) is 48.4 Å². The van der Waals surface area contributed by atoms with Crippen LogP contribution < -0.4 is 10.2 Å². The molecule has 2 aliphatic rings. The molecule has 27 heavy (non-hydrogen) atoms. The number of hydrogen-bond acceptors (Lipinski definition) is 3. The predicted octanol–water partition coefficient (Wildman–Crippen LogP) is 3.47. The fourth-order valence-electron chi connectivity index (χ4n) is 3.80. The molecule has 4 rings (SSSR count). The summed E-state index contributed by atoms with van der Waals surface area (Å²) in [5, 5.41) is 3.49. The predicted molar refractivity (Wildman–Crippen MR) is 104 cm³/mol. The Balaban J connectivity index is 1.45. The fourth-order valence-corrected chi connectivity index (χ4v) is 3.80. The van der Waals surface area contributed by atoms with Crippen LogP contribution >= 0.6 is 0 Å². The van der Waals surface area contributed by atoms with Crippen LogP contribution in [0.25, 0.3) is 0 Å². The number of nitrogens with one attached hydrogen (secondary N) is 1. The van der Waals surface area contributed by atoms with E-state index in [1.807, 2.05) is 43.4 Å². The first-order valence-corrected chi connectivity index (χ1v) is 9.28. The molecule has 2 saturated heterocycles. The quantitative estimate of drug-likeness (QED) is 0.878. The molecular weight excluding hydrogens is 345 g/mol. The van der Waals surface area contributed by atoms with Crippen molar-refractivity contribution in [1.29, 1.82) is 0 Å². The summed E-state index contributed by atoms with van der Waals surface area (Å²) in [5.41, 5.74) is 2.84. The minimum Gasteiger partial charge on any atom is -0.384 e. The van der Waals surface area contributed by atoms with Crippen molar-refractivity contribution in [3.8, 4) is 0 Å². The van der Waals surface area contributed by atoms with Crippen LogP contribution in [0.2, 0.25) is 0 Å². The van der Waals surface area contributed by atoms with Crippen molar-refractivity contribution < 1.29 is 13.9 Å². The Hall–Kier alpha value is -2.60. The highest BCUT2D eigenvalue weighted by molar-refractivity contribution is 5.94. The lowest BCUT2D eigenvalue weighted by Crippen LogP contribution is -2.35. The van der Waals surface area contributed by atoms with Gasteiger partial charge < -0.3 is 15.0 Å². The minimum atomic E-state index is -0.224. The van der Waals surface area contributed by atoms with E-state index >= 15 is 0 Å². The molecule has 0 saturated carbocycles. The van der Waals surface area contributed by atoms with E-state index in [0.717, 1.165) is 29.9 Å². The average molecular weight is 369 g/mol. The van der Waals surface area contributed by atoms with Crippen LogP contribution in [0.4, 0.5) is 20.6 Å². The van der Waals surface area contributed by atoms with E-state index in [1.165, 1.54) is 12.1 Å². The van der Waals surface area contributed by atoms with E-state index in [2.05, 4.69) is 5.32 Å². The Kier molecular flexibility index (Phi) is 4.74. The normalized spacial score (nSPS) is 22.5. The van der Waals surface area contributed by atoms with Gasteiger partial charge in [-0.2, -0.15) is 0 Å². The molecule has 142 valence electrons. The van der Waals surface area contributed by atoms with Crippen molar-refractivity contribution in [2.24, 2.45) is 0 Å². The summed E-state index contributed by atoms with van der Waals surface area (Å²) in [6, 6.07) is 14.7. The number of nitrogens with zero attached hydrogens (tertiary/aromatic N) is 2. The van der Waals surface area contributed by atoms with Gasteiger partial charge in [0.05, 0.1) is 6.61 Å². The SMILES string of the molecule is CN1CCN(c2ccc(NC[C@]3(c4ccc(F)cc4)CCOC3)cc2)C1=O. The molecule has 0 unspecified atom stereocenters. The van der Waals surface area contributed by atoms with Crippen molar-refractivity contribution in [2.45, 2.75) is 11.8 Å². The van der Waals surface area contributed by atoms with Gasteiger partial charge in [0.1, 0.15) is 5.82 Å². The second-order valence-corrected chi connectivity index (χ2v) is 7.35. The molecule has 5 nitrogen and oxygen atoms in total. The van der Waals surface area contributed by atoms with Gasteiger partial charge in [0.25, 0.3) is 0 Å². The highest BCUT2D eigenvalue weighted by atomic mass is 19.1. The van der Waals surface area contributed by atoms with Crippen LogP contribution in [-0.4, -0.2) is 50.8 Å². The van der Waals surface area contributed by atoms with Crippen LogP contribution in [0.15, 0.2) is 48.5 Å². The molecule has 0 radical (unpaired) electrons. The van der Waals surface area contributed by atoms with Crippen molar-refractivity contribution in [3.05, 3.63) is 59.9 Å². The first kappa shape index (κ1) is 17.8. The molecule has 0 aromatic heterocycles. The zero-order valence-corrected chi connectivity index (χ0v) is 15.5. The monoisotopic (exact) mass is 369 g/mol. The maximum Gasteiger partial charge on any atom is 0.324 e.